The number of dihydropyridines is 1. The largest absolute Gasteiger partial charge is 0.382 e. The van der Waals surface area contributed by atoms with Gasteiger partial charge >= 0.3 is 0 Å². The first kappa shape index (κ1) is 11.9. The van der Waals surface area contributed by atoms with Crippen molar-refractivity contribution < 1.29 is 4.39 Å². The van der Waals surface area contributed by atoms with Crippen LogP contribution in [0.2, 0.25) is 0 Å². The molecule has 0 bridgehead atoms. The van der Waals surface area contributed by atoms with E-state index in [4.69, 9.17) is 0 Å². The fourth-order valence-corrected chi connectivity index (χ4v) is 1.93. The molecule has 1 N–H and O–H groups in total. The molecule has 0 unspecified atom stereocenters. The first-order chi connectivity index (χ1) is 8.19. The van der Waals surface area contributed by atoms with Crippen LogP contribution in [0.3, 0.4) is 0 Å². The maximum absolute atomic E-state index is 13.7. The minimum absolute atomic E-state index is 0.131. The molecular weight excluding hydrogens is 213 g/mol. The molecule has 0 atom stereocenters. The van der Waals surface area contributed by atoms with Gasteiger partial charge in [-0.25, -0.2) is 4.39 Å². The van der Waals surface area contributed by atoms with Crippen molar-refractivity contribution in [2.24, 2.45) is 0 Å². The van der Waals surface area contributed by atoms with E-state index < -0.39 is 0 Å². The predicted octanol–water partition coefficient (Wildman–Crippen LogP) is 3.52. The zero-order valence-electron chi connectivity index (χ0n) is 10.4. The number of benzene rings is 1. The summed E-state index contributed by atoms with van der Waals surface area (Å²) in [6.07, 6.45) is 3.30. The summed E-state index contributed by atoms with van der Waals surface area (Å²) in [6.45, 7) is 4.81. The summed E-state index contributed by atoms with van der Waals surface area (Å²) in [5.41, 5.74) is 4.19. The standard InChI is InChI=1S/C15H18FN/c1-3-12-4-6-13(7-5-12)9-15-14(16)8-11(2)10-17-15/h4-8,17H,3,9-10H2,1-2H3. The predicted molar refractivity (Wildman–Crippen MR) is 69.4 cm³/mol. The van der Waals surface area contributed by atoms with Gasteiger partial charge in [0, 0.05) is 13.0 Å². The Bertz CT molecular complexity index is 454. The van der Waals surface area contributed by atoms with Crippen LogP contribution >= 0.6 is 0 Å². The molecule has 1 aliphatic heterocycles. The molecule has 1 nitrogen and oxygen atoms in total. The topological polar surface area (TPSA) is 12.0 Å². The Kier molecular flexibility index (Phi) is 3.62. The number of hydrogen-bond acceptors (Lipinski definition) is 1. The number of allylic oxidation sites excluding steroid dienone is 3. The maximum Gasteiger partial charge on any atom is 0.142 e. The second kappa shape index (κ2) is 5.17. The van der Waals surface area contributed by atoms with E-state index in [0.29, 0.717) is 12.1 Å². The molecule has 0 aromatic heterocycles. The summed E-state index contributed by atoms with van der Waals surface area (Å²) in [5.74, 6) is -0.131. The quantitative estimate of drug-likeness (QED) is 0.839. The maximum atomic E-state index is 13.7. The van der Waals surface area contributed by atoms with Crippen molar-refractivity contribution in [3.8, 4) is 0 Å². The number of hydrogen-bond donors (Lipinski definition) is 1. The highest BCUT2D eigenvalue weighted by Crippen LogP contribution is 2.18. The van der Waals surface area contributed by atoms with Crippen LogP contribution in [0, 0.1) is 0 Å². The summed E-state index contributed by atoms with van der Waals surface area (Å²) in [5, 5.41) is 3.13. The van der Waals surface area contributed by atoms with Gasteiger partial charge in [0.25, 0.3) is 0 Å². The van der Waals surface area contributed by atoms with Gasteiger partial charge in [-0.15, -0.1) is 0 Å². The summed E-state index contributed by atoms with van der Waals surface area (Å²) < 4.78 is 13.7. The highest BCUT2D eigenvalue weighted by Gasteiger charge is 2.10. The first-order valence-electron chi connectivity index (χ1n) is 6.06. The molecule has 1 aliphatic rings. The zero-order valence-corrected chi connectivity index (χ0v) is 10.4. The van der Waals surface area contributed by atoms with Gasteiger partial charge in [-0.1, -0.05) is 36.8 Å². The molecule has 1 aromatic rings. The van der Waals surface area contributed by atoms with Crippen LogP contribution in [0.1, 0.15) is 25.0 Å². The van der Waals surface area contributed by atoms with E-state index >= 15 is 0 Å². The molecule has 0 radical (unpaired) electrons. The highest BCUT2D eigenvalue weighted by molar-refractivity contribution is 5.33. The van der Waals surface area contributed by atoms with Gasteiger partial charge < -0.3 is 5.32 Å². The van der Waals surface area contributed by atoms with Crippen LogP contribution in [0.5, 0.6) is 0 Å². The minimum Gasteiger partial charge on any atom is -0.382 e. The van der Waals surface area contributed by atoms with Gasteiger partial charge in [-0.3, -0.25) is 0 Å². The second-order valence-electron chi connectivity index (χ2n) is 4.52. The lowest BCUT2D eigenvalue weighted by Gasteiger charge is -2.16. The Morgan fingerprint density at radius 3 is 2.41 bits per heavy atom. The minimum atomic E-state index is -0.131. The highest BCUT2D eigenvalue weighted by atomic mass is 19.1. The van der Waals surface area contributed by atoms with Gasteiger partial charge in [-0.2, -0.15) is 0 Å². The van der Waals surface area contributed by atoms with Crippen LogP contribution in [0.15, 0.2) is 47.4 Å². The molecule has 2 rings (SSSR count). The molecule has 90 valence electrons. The third kappa shape index (κ3) is 2.96. The monoisotopic (exact) mass is 231 g/mol. The van der Waals surface area contributed by atoms with Crippen LogP contribution in [0.25, 0.3) is 0 Å². The molecule has 1 heterocycles. The number of rotatable bonds is 3. The Balaban J connectivity index is 2.13. The normalized spacial score (nSPS) is 15.6. The Hall–Kier alpha value is -1.57. The van der Waals surface area contributed by atoms with E-state index in [1.54, 1.807) is 6.08 Å². The Morgan fingerprint density at radius 1 is 1.18 bits per heavy atom. The third-order valence-corrected chi connectivity index (χ3v) is 3.05. The molecule has 0 saturated heterocycles. The van der Waals surface area contributed by atoms with Gasteiger partial charge in [0.15, 0.2) is 0 Å². The summed E-state index contributed by atoms with van der Waals surface area (Å²) in [4.78, 5) is 0. The average molecular weight is 231 g/mol. The lowest BCUT2D eigenvalue weighted by molar-refractivity contribution is 0.611. The summed E-state index contributed by atoms with van der Waals surface area (Å²) in [6, 6.07) is 8.37. The van der Waals surface area contributed by atoms with Crippen molar-refractivity contribution in [3.63, 3.8) is 0 Å². The van der Waals surface area contributed by atoms with E-state index in [2.05, 4.69) is 36.5 Å². The van der Waals surface area contributed by atoms with Gasteiger partial charge in [0.05, 0.1) is 5.70 Å². The Labute approximate surface area is 102 Å². The fourth-order valence-electron chi connectivity index (χ4n) is 1.93. The lowest BCUT2D eigenvalue weighted by Crippen LogP contribution is -2.21. The van der Waals surface area contributed by atoms with Crippen molar-refractivity contribution >= 4 is 0 Å². The van der Waals surface area contributed by atoms with Crippen molar-refractivity contribution in [3.05, 3.63) is 58.6 Å². The number of aryl methyl sites for hydroxylation is 1. The SMILES string of the molecule is CCc1ccc(CC2=C(F)C=C(C)CN2)cc1. The lowest BCUT2D eigenvalue weighted by atomic mass is 10.0. The van der Waals surface area contributed by atoms with Crippen molar-refractivity contribution in [1.29, 1.82) is 0 Å². The molecule has 0 spiro atoms. The van der Waals surface area contributed by atoms with E-state index in [1.165, 1.54) is 5.56 Å². The van der Waals surface area contributed by atoms with E-state index in [1.807, 2.05) is 6.92 Å². The van der Waals surface area contributed by atoms with Gasteiger partial charge in [-0.05, 0) is 30.5 Å². The van der Waals surface area contributed by atoms with Gasteiger partial charge in [0.2, 0.25) is 0 Å². The number of halogens is 1. The smallest absolute Gasteiger partial charge is 0.142 e. The van der Waals surface area contributed by atoms with Crippen molar-refractivity contribution in [2.75, 3.05) is 6.54 Å². The molecule has 17 heavy (non-hydrogen) atoms. The zero-order chi connectivity index (χ0) is 12.3. The third-order valence-electron chi connectivity index (χ3n) is 3.05. The molecule has 2 heteroatoms. The van der Waals surface area contributed by atoms with Crippen molar-refractivity contribution in [2.45, 2.75) is 26.7 Å². The summed E-state index contributed by atoms with van der Waals surface area (Å²) in [7, 11) is 0. The molecule has 0 amide bonds. The first-order valence-corrected chi connectivity index (χ1v) is 6.06. The van der Waals surface area contributed by atoms with E-state index in [-0.39, 0.29) is 5.83 Å². The average Bonchev–Trinajstić information content (AvgIpc) is 2.34. The molecule has 0 saturated carbocycles. The summed E-state index contributed by atoms with van der Waals surface area (Å²) >= 11 is 0. The van der Waals surface area contributed by atoms with Crippen LogP contribution in [-0.4, -0.2) is 6.54 Å². The molecule has 0 fully saturated rings. The number of nitrogens with one attached hydrogen (secondary N) is 1. The molecule has 0 aliphatic carbocycles. The molecule has 1 aromatic carbocycles. The van der Waals surface area contributed by atoms with E-state index in [9.17, 15) is 4.39 Å². The van der Waals surface area contributed by atoms with E-state index in [0.717, 1.165) is 24.1 Å². The molecular formula is C15H18FN. The van der Waals surface area contributed by atoms with Crippen LogP contribution < -0.4 is 5.32 Å². The van der Waals surface area contributed by atoms with Crippen molar-refractivity contribution in [1.82, 2.24) is 5.32 Å². The Morgan fingerprint density at radius 2 is 1.82 bits per heavy atom. The second-order valence-corrected chi connectivity index (χ2v) is 4.52. The van der Waals surface area contributed by atoms with Gasteiger partial charge in [0.1, 0.15) is 5.83 Å². The van der Waals surface area contributed by atoms with Crippen LogP contribution in [0.4, 0.5) is 4.39 Å². The van der Waals surface area contributed by atoms with Crippen LogP contribution in [-0.2, 0) is 12.8 Å². The fraction of sp³-hybridized carbons (Fsp3) is 0.333.